The summed E-state index contributed by atoms with van der Waals surface area (Å²) in [6.07, 6.45) is 2.77. The van der Waals surface area contributed by atoms with E-state index in [1.165, 1.54) is 50.9 Å². The molecule has 28 heavy (non-hydrogen) atoms. The number of aromatic nitrogens is 2. The van der Waals surface area contributed by atoms with Gasteiger partial charge in [-0.1, -0.05) is 0 Å². The van der Waals surface area contributed by atoms with Crippen molar-refractivity contribution in [3.05, 3.63) is 60.0 Å². The molecule has 1 aromatic heterocycles. The molecule has 0 unspecified atom stereocenters. The highest BCUT2D eigenvalue weighted by atomic mass is 32.2. The van der Waals surface area contributed by atoms with Crippen LogP contribution in [0.15, 0.2) is 58.7 Å². The predicted octanol–water partition coefficient (Wildman–Crippen LogP) is 2.55. The van der Waals surface area contributed by atoms with Crippen molar-refractivity contribution in [2.24, 2.45) is 5.10 Å². The smallest absolute Gasteiger partial charge is 0.280 e. The molecule has 8 nitrogen and oxygen atoms in total. The van der Waals surface area contributed by atoms with Crippen LogP contribution in [0.2, 0.25) is 0 Å². The maximum atomic E-state index is 13.1. The Hall–Kier alpha value is -3.40. The molecule has 0 atom stereocenters. The zero-order valence-corrected chi connectivity index (χ0v) is 15.8. The number of nitrogens with one attached hydrogen (secondary N) is 2. The SMILES string of the molecule is COc1ccc(OC)c(S(=O)(=O)N/N=C/c2cn[nH]c2-c2ccc(F)cc2)c1. The Morgan fingerprint density at radius 1 is 1.14 bits per heavy atom. The molecule has 1 heterocycles. The molecule has 0 aliphatic rings. The van der Waals surface area contributed by atoms with E-state index in [9.17, 15) is 12.8 Å². The van der Waals surface area contributed by atoms with Gasteiger partial charge in [-0.2, -0.15) is 23.4 Å². The molecule has 10 heteroatoms. The Morgan fingerprint density at radius 3 is 2.57 bits per heavy atom. The predicted molar refractivity (Wildman–Crippen MR) is 101 cm³/mol. The van der Waals surface area contributed by atoms with Crippen molar-refractivity contribution < 1.29 is 22.3 Å². The van der Waals surface area contributed by atoms with Crippen LogP contribution in [-0.2, 0) is 10.0 Å². The fraction of sp³-hybridized carbons (Fsp3) is 0.111. The molecule has 0 aliphatic carbocycles. The molecule has 0 radical (unpaired) electrons. The molecule has 0 spiro atoms. The van der Waals surface area contributed by atoms with E-state index < -0.39 is 10.0 Å². The van der Waals surface area contributed by atoms with Crippen LogP contribution < -0.4 is 14.3 Å². The summed E-state index contributed by atoms with van der Waals surface area (Å²) in [5.74, 6) is 0.149. The Balaban J connectivity index is 1.84. The van der Waals surface area contributed by atoms with E-state index in [1.54, 1.807) is 18.2 Å². The standard InChI is InChI=1S/C18H17FN4O4S/c1-26-15-7-8-16(27-2)17(9-15)28(24,25)23-21-11-13-10-20-22-18(13)12-3-5-14(19)6-4-12/h3-11,23H,1-2H3,(H,20,22)/b21-11+. The first-order valence-corrected chi connectivity index (χ1v) is 9.49. The number of hydrazone groups is 1. The van der Waals surface area contributed by atoms with Crippen molar-refractivity contribution in [2.45, 2.75) is 4.90 Å². The number of halogens is 1. The molecule has 3 aromatic rings. The lowest BCUT2D eigenvalue weighted by Crippen LogP contribution is -2.19. The minimum atomic E-state index is -4.01. The molecule has 0 saturated carbocycles. The summed E-state index contributed by atoms with van der Waals surface area (Å²) in [4.78, 5) is 2.02. The first-order chi connectivity index (χ1) is 13.4. The van der Waals surface area contributed by atoms with Crippen molar-refractivity contribution in [3.8, 4) is 22.8 Å². The molecule has 0 amide bonds. The lowest BCUT2D eigenvalue weighted by molar-refractivity contribution is 0.392. The molecule has 3 rings (SSSR count). The lowest BCUT2D eigenvalue weighted by Gasteiger charge is -2.10. The van der Waals surface area contributed by atoms with E-state index >= 15 is 0 Å². The van der Waals surface area contributed by atoms with Crippen LogP contribution in [0, 0.1) is 5.82 Å². The van der Waals surface area contributed by atoms with Gasteiger partial charge in [-0.3, -0.25) is 5.10 Å². The minimum Gasteiger partial charge on any atom is -0.497 e. The Kier molecular flexibility index (Phi) is 5.59. The van der Waals surface area contributed by atoms with Gasteiger partial charge in [-0.05, 0) is 36.4 Å². The highest BCUT2D eigenvalue weighted by Gasteiger charge is 2.20. The van der Waals surface area contributed by atoms with Crippen LogP contribution in [0.4, 0.5) is 4.39 Å². The molecular formula is C18H17FN4O4S. The maximum Gasteiger partial charge on any atom is 0.280 e. The molecule has 2 aromatic carbocycles. The summed E-state index contributed by atoms with van der Waals surface area (Å²) >= 11 is 0. The first-order valence-electron chi connectivity index (χ1n) is 8.01. The van der Waals surface area contributed by atoms with Gasteiger partial charge in [0.1, 0.15) is 22.2 Å². The van der Waals surface area contributed by atoms with Gasteiger partial charge in [-0.15, -0.1) is 0 Å². The zero-order chi connectivity index (χ0) is 20.1. The molecule has 0 bridgehead atoms. The Morgan fingerprint density at radius 2 is 1.89 bits per heavy atom. The average molecular weight is 404 g/mol. The summed E-state index contributed by atoms with van der Waals surface area (Å²) in [6.45, 7) is 0. The summed E-state index contributed by atoms with van der Waals surface area (Å²) in [6, 6.07) is 10.2. The number of hydrogen-bond acceptors (Lipinski definition) is 6. The summed E-state index contributed by atoms with van der Waals surface area (Å²) in [7, 11) is -1.21. The second-order valence-corrected chi connectivity index (χ2v) is 7.21. The summed E-state index contributed by atoms with van der Waals surface area (Å²) < 4.78 is 48.4. The Labute approximate surface area is 161 Å². The second-order valence-electron chi connectivity index (χ2n) is 5.58. The van der Waals surface area contributed by atoms with Crippen LogP contribution in [0.25, 0.3) is 11.3 Å². The second kappa shape index (κ2) is 8.09. The third kappa shape index (κ3) is 4.12. The molecular weight excluding hydrogens is 387 g/mol. The first kappa shape index (κ1) is 19.4. The topological polar surface area (TPSA) is 106 Å². The van der Waals surface area contributed by atoms with Crippen LogP contribution in [0.1, 0.15) is 5.56 Å². The molecule has 146 valence electrons. The largest absolute Gasteiger partial charge is 0.497 e. The third-order valence-corrected chi connectivity index (χ3v) is 5.08. The van der Waals surface area contributed by atoms with Gasteiger partial charge in [0.2, 0.25) is 0 Å². The van der Waals surface area contributed by atoms with Gasteiger partial charge >= 0.3 is 0 Å². The molecule has 0 aliphatic heterocycles. The quantitative estimate of drug-likeness (QED) is 0.465. The number of hydrogen-bond donors (Lipinski definition) is 2. The molecule has 0 saturated heterocycles. The monoisotopic (exact) mass is 404 g/mol. The van der Waals surface area contributed by atoms with E-state index in [0.717, 1.165) is 0 Å². The van der Waals surface area contributed by atoms with Crippen LogP contribution in [-0.4, -0.2) is 39.0 Å². The van der Waals surface area contributed by atoms with Gasteiger partial charge in [-0.25, -0.2) is 4.39 Å². The normalized spacial score (nSPS) is 11.5. The number of benzene rings is 2. The van der Waals surface area contributed by atoms with Crippen LogP contribution in [0.5, 0.6) is 11.5 Å². The van der Waals surface area contributed by atoms with Gasteiger partial charge in [0.15, 0.2) is 0 Å². The molecule has 0 fully saturated rings. The number of methoxy groups -OCH3 is 2. The number of ether oxygens (including phenoxy) is 2. The van der Waals surface area contributed by atoms with E-state index in [0.29, 0.717) is 22.6 Å². The van der Waals surface area contributed by atoms with E-state index in [1.807, 2.05) is 0 Å². The van der Waals surface area contributed by atoms with E-state index in [4.69, 9.17) is 9.47 Å². The molecule has 2 N–H and O–H groups in total. The van der Waals surface area contributed by atoms with E-state index in [2.05, 4.69) is 20.1 Å². The fourth-order valence-corrected chi connectivity index (χ4v) is 3.43. The average Bonchev–Trinajstić information content (AvgIpc) is 3.16. The van der Waals surface area contributed by atoms with Gasteiger partial charge in [0.05, 0.1) is 32.3 Å². The lowest BCUT2D eigenvalue weighted by atomic mass is 10.1. The van der Waals surface area contributed by atoms with Gasteiger partial charge in [0.25, 0.3) is 10.0 Å². The minimum absolute atomic E-state index is 0.113. The van der Waals surface area contributed by atoms with E-state index in [-0.39, 0.29) is 16.5 Å². The number of sulfonamides is 1. The van der Waals surface area contributed by atoms with Crippen molar-refractivity contribution in [2.75, 3.05) is 14.2 Å². The summed E-state index contributed by atoms with van der Waals surface area (Å²) in [5.41, 5.74) is 1.77. The highest BCUT2D eigenvalue weighted by Crippen LogP contribution is 2.28. The summed E-state index contributed by atoms with van der Waals surface area (Å²) in [5, 5.41) is 10.5. The van der Waals surface area contributed by atoms with Crippen molar-refractivity contribution in [1.29, 1.82) is 0 Å². The number of H-pyrrole nitrogens is 1. The van der Waals surface area contributed by atoms with Crippen molar-refractivity contribution in [1.82, 2.24) is 15.0 Å². The van der Waals surface area contributed by atoms with Gasteiger partial charge < -0.3 is 9.47 Å². The highest BCUT2D eigenvalue weighted by molar-refractivity contribution is 7.89. The third-order valence-electron chi connectivity index (χ3n) is 3.84. The van der Waals surface area contributed by atoms with Crippen LogP contribution >= 0.6 is 0 Å². The van der Waals surface area contributed by atoms with Crippen molar-refractivity contribution in [3.63, 3.8) is 0 Å². The number of aromatic amines is 1. The van der Waals surface area contributed by atoms with Crippen LogP contribution in [0.3, 0.4) is 0 Å². The van der Waals surface area contributed by atoms with Gasteiger partial charge in [0, 0.05) is 17.2 Å². The number of rotatable bonds is 7. The zero-order valence-electron chi connectivity index (χ0n) is 15.0. The fourth-order valence-electron chi connectivity index (χ4n) is 2.45. The van der Waals surface area contributed by atoms with Crippen molar-refractivity contribution >= 4 is 16.2 Å². The maximum absolute atomic E-state index is 13.1. The Bertz CT molecular complexity index is 1100. The number of nitrogens with zero attached hydrogens (tertiary/aromatic N) is 2.